The Hall–Kier alpha value is -3.02. The molecule has 0 saturated carbocycles. The van der Waals surface area contributed by atoms with Crippen LogP contribution in [-0.2, 0) is 22.6 Å². The first-order valence-corrected chi connectivity index (χ1v) is 13.0. The van der Waals surface area contributed by atoms with Gasteiger partial charge < -0.3 is 15.0 Å². The third kappa shape index (κ3) is 8.24. The van der Waals surface area contributed by atoms with Crippen molar-refractivity contribution < 1.29 is 14.3 Å². The van der Waals surface area contributed by atoms with E-state index in [2.05, 4.69) is 5.32 Å². The number of amides is 2. The molecule has 0 spiro atoms. The van der Waals surface area contributed by atoms with E-state index in [0.29, 0.717) is 27.8 Å². The number of halogens is 2. The van der Waals surface area contributed by atoms with E-state index in [9.17, 15) is 9.59 Å². The number of carbonyl (C=O) groups is 2. The van der Waals surface area contributed by atoms with Crippen LogP contribution < -0.4 is 10.1 Å². The second kappa shape index (κ2) is 12.5. The fraction of sp³-hybridized carbons (Fsp3) is 0.333. The lowest BCUT2D eigenvalue weighted by molar-refractivity contribution is -0.143. The Morgan fingerprint density at radius 3 is 2.32 bits per heavy atom. The zero-order valence-corrected chi connectivity index (χ0v) is 23.5. The van der Waals surface area contributed by atoms with Gasteiger partial charge in [0.05, 0.1) is 0 Å². The average Bonchev–Trinajstić information content (AvgIpc) is 2.83. The Balaban J connectivity index is 1.98. The molecule has 2 amide bonds. The van der Waals surface area contributed by atoms with E-state index >= 15 is 0 Å². The Labute approximate surface area is 229 Å². The van der Waals surface area contributed by atoms with Crippen molar-refractivity contribution in [3.63, 3.8) is 0 Å². The van der Waals surface area contributed by atoms with Crippen LogP contribution >= 0.6 is 23.2 Å². The highest BCUT2D eigenvalue weighted by atomic mass is 35.5. The molecule has 7 heteroatoms. The van der Waals surface area contributed by atoms with Crippen molar-refractivity contribution in [2.24, 2.45) is 0 Å². The minimum atomic E-state index is -0.789. The maximum atomic E-state index is 13.7. The van der Waals surface area contributed by atoms with Crippen LogP contribution in [0.25, 0.3) is 0 Å². The van der Waals surface area contributed by atoms with Gasteiger partial charge in [0, 0.05) is 28.5 Å². The summed E-state index contributed by atoms with van der Waals surface area (Å²) in [6.45, 7) is 9.59. The number of carbonyl (C=O) groups excluding carboxylic acids is 2. The first-order chi connectivity index (χ1) is 17.4. The van der Waals surface area contributed by atoms with Gasteiger partial charge in [-0.15, -0.1) is 0 Å². The number of aryl methyl sites for hydroxylation is 1. The van der Waals surface area contributed by atoms with Gasteiger partial charge in [0.25, 0.3) is 5.91 Å². The molecule has 0 aromatic heterocycles. The quantitative estimate of drug-likeness (QED) is 0.335. The van der Waals surface area contributed by atoms with Crippen molar-refractivity contribution in [2.45, 2.75) is 59.2 Å². The zero-order chi connectivity index (χ0) is 27.2. The summed E-state index contributed by atoms with van der Waals surface area (Å²) in [6, 6.07) is 19.7. The summed E-state index contributed by atoms with van der Waals surface area (Å²) in [5.41, 5.74) is 3.18. The molecule has 1 N–H and O–H groups in total. The van der Waals surface area contributed by atoms with Gasteiger partial charge in [-0.1, -0.05) is 71.7 Å². The van der Waals surface area contributed by atoms with Gasteiger partial charge in [-0.2, -0.15) is 0 Å². The molecule has 0 saturated heterocycles. The third-order valence-corrected chi connectivity index (χ3v) is 6.62. The van der Waals surface area contributed by atoms with Crippen LogP contribution in [0.2, 0.25) is 10.0 Å². The van der Waals surface area contributed by atoms with E-state index in [1.165, 1.54) is 0 Å². The van der Waals surface area contributed by atoms with Gasteiger partial charge in [0.2, 0.25) is 5.91 Å². The van der Waals surface area contributed by atoms with Crippen LogP contribution in [0.5, 0.6) is 5.75 Å². The summed E-state index contributed by atoms with van der Waals surface area (Å²) in [7, 11) is 0. The molecule has 0 aliphatic heterocycles. The molecule has 0 heterocycles. The van der Waals surface area contributed by atoms with Crippen molar-refractivity contribution in [3.8, 4) is 5.75 Å². The minimum Gasteiger partial charge on any atom is -0.483 e. The Morgan fingerprint density at radius 1 is 0.973 bits per heavy atom. The van der Waals surface area contributed by atoms with Crippen LogP contribution in [-0.4, -0.2) is 34.9 Å². The monoisotopic (exact) mass is 540 g/mol. The second-order valence-electron chi connectivity index (χ2n) is 10.2. The van der Waals surface area contributed by atoms with Crippen LogP contribution in [0, 0.1) is 13.8 Å². The number of rotatable bonds is 9. The van der Waals surface area contributed by atoms with E-state index in [1.54, 1.807) is 23.1 Å². The lowest BCUT2D eigenvalue weighted by Gasteiger charge is -2.34. The Morgan fingerprint density at radius 2 is 1.68 bits per heavy atom. The van der Waals surface area contributed by atoms with Crippen LogP contribution in [0.1, 0.15) is 43.0 Å². The summed E-state index contributed by atoms with van der Waals surface area (Å²) in [5, 5.41) is 3.97. The topological polar surface area (TPSA) is 58.6 Å². The van der Waals surface area contributed by atoms with Crippen molar-refractivity contribution in [3.05, 3.63) is 99.0 Å². The van der Waals surface area contributed by atoms with Crippen LogP contribution in [0.15, 0.2) is 66.7 Å². The van der Waals surface area contributed by atoms with Gasteiger partial charge in [-0.3, -0.25) is 9.59 Å². The first kappa shape index (κ1) is 28.5. The van der Waals surface area contributed by atoms with Crippen LogP contribution in [0.4, 0.5) is 0 Å². The number of hydrogen-bond acceptors (Lipinski definition) is 3. The largest absolute Gasteiger partial charge is 0.483 e. The Kier molecular flexibility index (Phi) is 9.63. The number of benzene rings is 3. The van der Waals surface area contributed by atoms with Crippen molar-refractivity contribution in [1.29, 1.82) is 0 Å². The van der Waals surface area contributed by atoms with Gasteiger partial charge >= 0.3 is 0 Å². The minimum absolute atomic E-state index is 0.125. The second-order valence-corrected chi connectivity index (χ2v) is 11.0. The fourth-order valence-electron chi connectivity index (χ4n) is 3.94. The molecule has 37 heavy (non-hydrogen) atoms. The fourth-order valence-corrected chi connectivity index (χ4v) is 4.41. The van der Waals surface area contributed by atoms with Gasteiger partial charge in [0.15, 0.2) is 6.61 Å². The summed E-state index contributed by atoms with van der Waals surface area (Å²) >= 11 is 12.6. The number of nitrogens with zero attached hydrogens (tertiary/aromatic N) is 1. The lowest BCUT2D eigenvalue weighted by Crippen LogP contribution is -2.55. The average molecular weight is 542 g/mol. The van der Waals surface area contributed by atoms with Crippen LogP contribution in [0.3, 0.4) is 0 Å². The zero-order valence-electron chi connectivity index (χ0n) is 22.0. The first-order valence-electron chi connectivity index (χ1n) is 12.2. The predicted octanol–water partition coefficient (Wildman–Crippen LogP) is 6.54. The molecule has 0 aliphatic carbocycles. The standard InChI is InChI=1S/C30H34Cl2N2O3/c1-20-10-9-13-27(21(20)2)37-19-28(35)34(18-23-14-15-24(31)17-25(23)32)26(29(36)33-30(3,4)5)16-22-11-7-6-8-12-22/h6-15,17,26H,16,18-19H2,1-5H3,(H,33,36)/t26-/m0/s1. The van der Waals surface area contributed by atoms with Gasteiger partial charge in [-0.25, -0.2) is 0 Å². The normalized spacial score (nSPS) is 12.1. The van der Waals surface area contributed by atoms with Gasteiger partial charge in [-0.05, 0) is 75.1 Å². The molecule has 5 nitrogen and oxygen atoms in total. The Bertz CT molecular complexity index is 1240. The molecule has 3 aromatic carbocycles. The molecule has 0 unspecified atom stereocenters. The summed E-state index contributed by atoms with van der Waals surface area (Å²) in [5.74, 6) is 0.0648. The molecule has 196 valence electrons. The molecular weight excluding hydrogens is 507 g/mol. The van der Waals surface area contributed by atoms with E-state index in [4.69, 9.17) is 27.9 Å². The highest BCUT2D eigenvalue weighted by Gasteiger charge is 2.33. The maximum Gasteiger partial charge on any atom is 0.261 e. The molecule has 1 atom stereocenters. The number of hydrogen-bond donors (Lipinski definition) is 1. The van der Waals surface area contributed by atoms with Crippen molar-refractivity contribution >= 4 is 35.0 Å². The highest BCUT2D eigenvalue weighted by molar-refractivity contribution is 6.35. The molecule has 0 aliphatic rings. The molecule has 0 fully saturated rings. The lowest BCUT2D eigenvalue weighted by atomic mass is 10.0. The van der Waals surface area contributed by atoms with E-state index < -0.39 is 11.6 Å². The summed E-state index contributed by atoms with van der Waals surface area (Å²) in [4.78, 5) is 28.9. The maximum absolute atomic E-state index is 13.7. The molecular formula is C30H34Cl2N2O3. The number of nitrogens with one attached hydrogen (secondary N) is 1. The van der Waals surface area contributed by atoms with E-state index in [-0.39, 0.29) is 25.0 Å². The molecule has 3 aromatic rings. The summed E-state index contributed by atoms with van der Waals surface area (Å²) < 4.78 is 5.95. The molecule has 3 rings (SSSR count). The van der Waals surface area contributed by atoms with Gasteiger partial charge in [0.1, 0.15) is 11.8 Å². The highest BCUT2D eigenvalue weighted by Crippen LogP contribution is 2.25. The smallest absolute Gasteiger partial charge is 0.261 e. The predicted molar refractivity (Wildman–Crippen MR) is 150 cm³/mol. The van der Waals surface area contributed by atoms with Crippen molar-refractivity contribution in [1.82, 2.24) is 10.2 Å². The number of ether oxygens (including phenoxy) is 1. The van der Waals surface area contributed by atoms with E-state index in [0.717, 1.165) is 16.7 Å². The SMILES string of the molecule is Cc1cccc(OCC(=O)N(Cc2ccc(Cl)cc2Cl)[C@@H](Cc2ccccc2)C(=O)NC(C)(C)C)c1C. The summed E-state index contributed by atoms with van der Waals surface area (Å²) in [6.07, 6.45) is 0.336. The van der Waals surface area contributed by atoms with E-state index in [1.807, 2.05) is 83.1 Å². The third-order valence-electron chi connectivity index (χ3n) is 6.03. The molecule has 0 radical (unpaired) electrons. The van der Waals surface area contributed by atoms with Crippen molar-refractivity contribution in [2.75, 3.05) is 6.61 Å². The molecule has 0 bridgehead atoms.